The van der Waals surface area contributed by atoms with Crippen LogP contribution in [0, 0.1) is 13.8 Å². The quantitative estimate of drug-likeness (QED) is 0.621. The average molecular weight is 414 g/mol. The van der Waals surface area contributed by atoms with Crippen molar-refractivity contribution in [2.45, 2.75) is 43.0 Å². The van der Waals surface area contributed by atoms with Crippen LogP contribution in [0.2, 0.25) is 0 Å². The van der Waals surface area contributed by atoms with E-state index in [2.05, 4.69) is 29.9 Å². The van der Waals surface area contributed by atoms with Gasteiger partial charge in [-0.15, -0.1) is 11.3 Å². The molecule has 0 bridgehead atoms. The number of aromatic nitrogens is 2. The van der Waals surface area contributed by atoms with E-state index in [0.29, 0.717) is 10.6 Å². The van der Waals surface area contributed by atoms with Crippen molar-refractivity contribution in [3.8, 4) is 0 Å². The zero-order valence-electron chi connectivity index (χ0n) is 15.9. The molecule has 5 nitrogen and oxygen atoms in total. The Kier molecular flexibility index (Phi) is 5.23. The van der Waals surface area contributed by atoms with Crippen LogP contribution >= 0.6 is 11.3 Å². The van der Waals surface area contributed by atoms with Gasteiger partial charge in [-0.3, -0.25) is 4.68 Å². The number of thiophene rings is 1. The number of aryl methyl sites for hydroxylation is 1. The Morgan fingerprint density at radius 2 is 1.93 bits per heavy atom. The van der Waals surface area contributed by atoms with Gasteiger partial charge in [0.1, 0.15) is 4.21 Å². The van der Waals surface area contributed by atoms with Crippen molar-refractivity contribution >= 4 is 21.4 Å². The molecular weight excluding hydrogens is 390 g/mol. The second kappa shape index (κ2) is 7.66. The van der Waals surface area contributed by atoms with Crippen molar-refractivity contribution in [2.75, 3.05) is 0 Å². The van der Waals surface area contributed by atoms with E-state index in [1.165, 1.54) is 22.5 Å². The predicted octanol–water partition coefficient (Wildman–Crippen LogP) is 4.00. The minimum absolute atomic E-state index is 0.167. The first-order valence-electron chi connectivity index (χ1n) is 9.26. The van der Waals surface area contributed by atoms with Crippen LogP contribution in [0.1, 0.15) is 34.9 Å². The smallest absolute Gasteiger partial charge is 0.250 e. The summed E-state index contributed by atoms with van der Waals surface area (Å²) in [6, 6.07) is 13.5. The Labute approximate surface area is 169 Å². The average Bonchev–Trinajstić information content (AvgIpc) is 3.38. The Balaban J connectivity index is 1.49. The first-order valence-corrected chi connectivity index (χ1v) is 11.6. The van der Waals surface area contributed by atoms with Gasteiger partial charge in [-0.05, 0) is 37.3 Å². The molecule has 1 N–H and O–H groups in total. The lowest BCUT2D eigenvalue weighted by Gasteiger charge is -2.14. The van der Waals surface area contributed by atoms with E-state index < -0.39 is 10.0 Å². The lowest BCUT2D eigenvalue weighted by atomic mass is 9.96. The van der Waals surface area contributed by atoms with Gasteiger partial charge in [0.25, 0.3) is 10.0 Å². The van der Waals surface area contributed by atoms with E-state index in [0.717, 1.165) is 17.9 Å². The van der Waals surface area contributed by atoms with Gasteiger partial charge in [-0.1, -0.05) is 48.6 Å². The molecule has 1 aliphatic rings. The lowest BCUT2D eigenvalue weighted by Crippen LogP contribution is -2.32. The summed E-state index contributed by atoms with van der Waals surface area (Å²) in [5.74, 6) is 0.167. The molecule has 2 aromatic heterocycles. The third-order valence-corrected chi connectivity index (χ3v) is 8.02. The van der Waals surface area contributed by atoms with E-state index in [-0.39, 0.29) is 12.0 Å². The molecule has 2 atom stereocenters. The highest BCUT2D eigenvalue weighted by molar-refractivity contribution is 7.91. The molecule has 0 amide bonds. The van der Waals surface area contributed by atoms with Crippen molar-refractivity contribution in [3.05, 3.63) is 82.5 Å². The number of benzene rings is 1. The van der Waals surface area contributed by atoms with Gasteiger partial charge in [0, 0.05) is 23.2 Å². The summed E-state index contributed by atoms with van der Waals surface area (Å²) < 4.78 is 30.2. The minimum Gasteiger partial charge on any atom is -0.265 e. The molecule has 0 aliphatic heterocycles. The molecule has 0 radical (unpaired) electrons. The van der Waals surface area contributed by atoms with Gasteiger partial charge in [0.2, 0.25) is 0 Å². The summed E-state index contributed by atoms with van der Waals surface area (Å²) in [7, 11) is -3.47. The standard InChI is InChI=1S/C21H23N3O2S2/c1-15-21(16(2)24(22-15)14-17-7-4-3-5-8-17)18-10-11-19(13-18)23-28(25,26)20-9-6-12-27-20/h3-12,18-19,23H,13-14H2,1-2H3. The first kappa shape index (κ1) is 19.1. The van der Waals surface area contributed by atoms with Crippen LogP contribution in [-0.2, 0) is 16.6 Å². The molecule has 146 valence electrons. The first-order chi connectivity index (χ1) is 13.4. The molecular formula is C21H23N3O2S2. The largest absolute Gasteiger partial charge is 0.265 e. The molecule has 0 spiro atoms. The highest BCUT2D eigenvalue weighted by Crippen LogP contribution is 2.34. The number of hydrogen-bond donors (Lipinski definition) is 1. The monoisotopic (exact) mass is 413 g/mol. The fourth-order valence-corrected chi connectivity index (χ4v) is 6.05. The normalized spacial score (nSPS) is 19.4. The Bertz CT molecular complexity index is 1080. The summed E-state index contributed by atoms with van der Waals surface area (Å²) >= 11 is 1.23. The van der Waals surface area contributed by atoms with Gasteiger partial charge in [-0.2, -0.15) is 5.10 Å². The van der Waals surface area contributed by atoms with Gasteiger partial charge >= 0.3 is 0 Å². The topological polar surface area (TPSA) is 64.0 Å². The molecule has 4 rings (SSSR count). The van der Waals surface area contributed by atoms with Gasteiger partial charge in [0.15, 0.2) is 0 Å². The maximum Gasteiger partial charge on any atom is 0.250 e. The summed E-state index contributed by atoms with van der Waals surface area (Å²) in [6.07, 6.45) is 4.78. The molecule has 2 heterocycles. The number of sulfonamides is 1. The second-order valence-electron chi connectivity index (χ2n) is 7.11. The summed E-state index contributed by atoms with van der Waals surface area (Å²) in [5, 5.41) is 6.51. The van der Waals surface area contributed by atoms with Crippen molar-refractivity contribution < 1.29 is 8.42 Å². The van der Waals surface area contributed by atoms with Crippen LogP contribution in [0.4, 0.5) is 0 Å². The van der Waals surface area contributed by atoms with Crippen molar-refractivity contribution in [3.63, 3.8) is 0 Å². The summed E-state index contributed by atoms with van der Waals surface area (Å²) in [4.78, 5) is 0. The zero-order chi connectivity index (χ0) is 19.7. The maximum absolute atomic E-state index is 12.5. The van der Waals surface area contributed by atoms with Gasteiger partial charge in [0.05, 0.1) is 12.2 Å². The summed E-state index contributed by atoms with van der Waals surface area (Å²) in [5.41, 5.74) is 4.55. The van der Waals surface area contributed by atoms with Gasteiger partial charge in [-0.25, -0.2) is 13.1 Å². The molecule has 1 aliphatic carbocycles. The molecule has 1 aromatic carbocycles. The number of nitrogens with zero attached hydrogens (tertiary/aromatic N) is 2. The summed E-state index contributed by atoms with van der Waals surface area (Å²) in [6.45, 7) is 4.86. The SMILES string of the molecule is Cc1nn(Cc2ccccc2)c(C)c1C1C=CC(NS(=O)(=O)c2cccs2)C1. The van der Waals surface area contributed by atoms with E-state index in [4.69, 9.17) is 5.10 Å². The minimum atomic E-state index is -3.47. The van der Waals surface area contributed by atoms with E-state index in [9.17, 15) is 8.42 Å². The fraction of sp³-hybridized carbons (Fsp3) is 0.286. The highest BCUT2D eigenvalue weighted by atomic mass is 32.2. The van der Waals surface area contributed by atoms with Crippen LogP contribution < -0.4 is 4.72 Å². The van der Waals surface area contributed by atoms with Crippen LogP contribution in [-0.4, -0.2) is 24.2 Å². The molecule has 0 fully saturated rings. The van der Waals surface area contributed by atoms with Crippen LogP contribution in [0.15, 0.2) is 64.2 Å². The highest BCUT2D eigenvalue weighted by Gasteiger charge is 2.29. The van der Waals surface area contributed by atoms with E-state index >= 15 is 0 Å². The lowest BCUT2D eigenvalue weighted by molar-refractivity contribution is 0.565. The molecule has 28 heavy (non-hydrogen) atoms. The fourth-order valence-electron chi connectivity index (χ4n) is 3.83. The third kappa shape index (κ3) is 3.83. The number of rotatable bonds is 6. The van der Waals surface area contributed by atoms with Crippen LogP contribution in [0.5, 0.6) is 0 Å². The van der Waals surface area contributed by atoms with E-state index in [1.807, 2.05) is 35.9 Å². The van der Waals surface area contributed by atoms with Crippen LogP contribution in [0.3, 0.4) is 0 Å². The second-order valence-corrected chi connectivity index (χ2v) is 10.0. The van der Waals surface area contributed by atoms with Crippen molar-refractivity contribution in [1.29, 1.82) is 0 Å². The number of nitrogens with one attached hydrogen (secondary N) is 1. The Hall–Kier alpha value is -2.22. The third-order valence-electron chi connectivity index (χ3n) is 5.13. The molecule has 0 saturated carbocycles. The van der Waals surface area contributed by atoms with E-state index in [1.54, 1.807) is 17.5 Å². The molecule has 0 saturated heterocycles. The zero-order valence-corrected chi connectivity index (χ0v) is 17.5. The Morgan fingerprint density at radius 1 is 1.14 bits per heavy atom. The molecule has 7 heteroatoms. The predicted molar refractivity (Wildman–Crippen MR) is 112 cm³/mol. The Morgan fingerprint density at radius 3 is 2.64 bits per heavy atom. The molecule has 2 unspecified atom stereocenters. The van der Waals surface area contributed by atoms with Crippen molar-refractivity contribution in [1.82, 2.24) is 14.5 Å². The van der Waals surface area contributed by atoms with Gasteiger partial charge < -0.3 is 0 Å². The molecule has 3 aromatic rings. The van der Waals surface area contributed by atoms with Crippen LogP contribution in [0.25, 0.3) is 0 Å². The maximum atomic E-state index is 12.5. The number of allylic oxidation sites excluding steroid dienone is 1. The number of hydrogen-bond acceptors (Lipinski definition) is 4. The van der Waals surface area contributed by atoms with Crippen molar-refractivity contribution in [2.24, 2.45) is 0 Å².